The van der Waals surface area contributed by atoms with Crippen LogP contribution in [0.15, 0.2) is 6.20 Å². The van der Waals surface area contributed by atoms with Gasteiger partial charge < -0.3 is 20.1 Å². The minimum absolute atomic E-state index is 0.0734. The highest BCUT2D eigenvalue weighted by Crippen LogP contribution is 1.94. The lowest BCUT2D eigenvalue weighted by Crippen LogP contribution is -2.40. The largest absolute Gasteiger partial charge is 0.480 e. The average molecular weight is 285 g/mol. The lowest BCUT2D eigenvalue weighted by atomic mass is 10.4. The summed E-state index contributed by atoms with van der Waals surface area (Å²) in [4.78, 5) is 34.2. The monoisotopic (exact) mass is 285 g/mol. The highest BCUT2D eigenvalue weighted by atomic mass is 16.5. The van der Waals surface area contributed by atoms with Crippen LogP contribution >= 0.6 is 0 Å². The molecule has 0 aliphatic carbocycles. The van der Waals surface area contributed by atoms with E-state index in [9.17, 15) is 14.4 Å². The summed E-state index contributed by atoms with van der Waals surface area (Å²) in [5.74, 6) is -1.57. The van der Waals surface area contributed by atoms with Gasteiger partial charge in [-0.15, -0.1) is 5.10 Å². The number of rotatable bonds is 6. The molecule has 0 saturated heterocycles. The van der Waals surface area contributed by atoms with E-state index in [1.165, 1.54) is 20.4 Å². The fraction of sp³-hybridized carbons (Fsp3) is 0.500. The van der Waals surface area contributed by atoms with E-state index in [2.05, 4.69) is 20.4 Å². The van der Waals surface area contributed by atoms with Crippen molar-refractivity contribution in [2.75, 3.05) is 20.7 Å². The molecule has 110 valence electrons. The number of nitrogens with zero attached hydrogens (tertiary/aromatic N) is 4. The normalized spacial score (nSPS) is 9.90. The van der Waals surface area contributed by atoms with E-state index in [1.54, 1.807) is 0 Å². The Kier molecular flexibility index (Phi) is 5.44. The van der Waals surface area contributed by atoms with E-state index in [4.69, 9.17) is 5.11 Å². The Morgan fingerprint density at radius 1 is 1.50 bits per heavy atom. The molecular formula is C10H15N5O5. The van der Waals surface area contributed by atoms with E-state index in [1.807, 2.05) is 0 Å². The summed E-state index contributed by atoms with van der Waals surface area (Å²) >= 11 is 0. The Bertz CT molecular complexity index is 500. The first kappa shape index (κ1) is 15.4. The topological polar surface area (TPSA) is 127 Å². The molecule has 0 bridgehead atoms. The van der Waals surface area contributed by atoms with Crippen LogP contribution in [-0.4, -0.2) is 63.7 Å². The number of ether oxygens (including phenoxy) is 1. The number of esters is 1. The highest BCUT2D eigenvalue weighted by molar-refractivity contribution is 5.80. The molecule has 0 fully saturated rings. The Morgan fingerprint density at radius 2 is 2.20 bits per heavy atom. The van der Waals surface area contributed by atoms with E-state index in [0.717, 1.165) is 9.58 Å². The summed E-state index contributed by atoms with van der Waals surface area (Å²) in [6.45, 7) is -0.402. The van der Waals surface area contributed by atoms with Crippen LogP contribution in [0, 0.1) is 0 Å². The van der Waals surface area contributed by atoms with Crippen LogP contribution in [0.2, 0.25) is 0 Å². The summed E-state index contributed by atoms with van der Waals surface area (Å²) < 4.78 is 5.57. The molecule has 1 aromatic heterocycles. The molecule has 10 heteroatoms. The SMILES string of the molecule is COC(=O)CN(C)C(=O)NCc1cn(CC(=O)O)nn1. The standard InChI is InChI=1S/C10H15N5O5/c1-14(6-9(18)20-2)10(19)11-3-7-4-15(13-12-7)5-8(16)17/h4H,3,5-6H2,1-2H3,(H,11,19)(H,16,17). The Balaban J connectivity index is 2.42. The van der Waals surface area contributed by atoms with Gasteiger partial charge in [-0.25, -0.2) is 9.48 Å². The maximum atomic E-state index is 11.6. The van der Waals surface area contributed by atoms with Crippen molar-refractivity contribution in [2.24, 2.45) is 0 Å². The van der Waals surface area contributed by atoms with Crippen LogP contribution < -0.4 is 5.32 Å². The average Bonchev–Trinajstić information content (AvgIpc) is 2.82. The third-order valence-corrected chi connectivity index (χ3v) is 2.24. The van der Waals surface area contributed by atoms with Gasteiger partial charge in [0.1, 0.15) is 18.8 Å². The molecule has 0 aliphatic heterocycles. The third-order valence-electron chi connectivity index (χ3n) is 2.24. The quantitative estimate of drug-likeness (QED) is 0.620. The van der Waals surface area contributed by atoms with Gasteiger partial charge in [-0.05, 0) is 0 Å². The van der Waals surface area contributed by atoms with Gasteiger partial charge in [-0.1, -0.05) is 5.21 Å². The molecule has 0 radical (unpaired) electrons. The molecule has 1 aromatic rings. The van der Waals surface area contributed by atoms with E-state index < -0.39 is 18.0 Å². The number of aromatic nitrogens is 3. The molecule has 0 saturated carbocycles. The minimum Gasteiger partial charge on any atom is -0.480 e. The number of methoxy groups -OCH3 is 1. The van der Waals surface area contributed by atoms with Gasteiger partial charge in [0, 0.05) is 7.05 Å². The minimum atomic E-state index is -1.04. The van der Waals surface area contributed by atoms with Crippen molar-refractivity contribution < 1.29 is 24.2 Å². The maximum Gasteiger partial charge on any atom is 0.325 e. The molecule has 2 N–H and O–H groups in total. The van der Waals surface area contributed by atoms with Gasteiger partial charge in [0.05, 0.1) is 19.9 Å². The lowest BCUT2D eigenvalue weighted by Gasteiger charge is -2.15. The molecule has 0 spiro atoms. The van der Waals surface area contributed by atoms with Crippen LogP contribution in [0.3, 0.4) is 0 Å². The molecule has 0 unspecified atom stereocenters. The number of aliphatic carboxylic acids is 1. The summed E-state index contributed by atoms with van der Waals surface area (Å²) in [7, 11) is 2.67. The van der Waals surface area contributed by atoms with Crippen molar-refractivity contribution in [1.29, 1.82) is 0 Å². The molecule has 2 amide bonds. The number of amides is 2. The summed E-state index contributed by atoms with van der Waals surface area (Å²) in [6.07, 6.45) is 1.41. The van der Waals surface area contributed by atoms with Gasteiger partial charge >= 0.3 is 18.0 Å². The fourth-order valence-electron chi connectivity index (χ4n) is 1.27. The van der Waals surface area contributed by atoms with Crippen LogP contribution in [0.25, 0.3) is 0 Å². The van der Waals surface area contributed by atoms with Gasteiger partial charge in [0.25, 0.3) is 0 Å². The van der Waals surface area contributed by atoms with Gasteiger partial charge in [0.15, 0.2) is 0 Å². The van der Waals surface area contributed by atoms with Crippen LogP contribution in [0.5, 0.6) is 0 Å². The highest BCUT2D eigenvalue weighted by Gasteiger charge is 2.13. The van der Waals surface area contributed by atoms with E-state index in [0.29, 0.717) is 5.69 Å². The second-order valence-corrected chi connectivity index (χ2v) is 3.89. The van der Waals surface area contributed by atoms with Crippen LogP contribution in [-0.2, 0) is 27.4 Å². The first-order valence-electron chi connectivity index (χ1n) is 5.59. The first-order valence-corrected chi connectivity index (χ1v) is 5.59. The van der Waals surface area contributed by atoms with Gasteiger partial charge in [-0.2, -0.15) is 0 Å². The van der Waals surface area contributed by atoms with E-state index >= 15 is 0 Å². The molecule has 0 aliphatic rings. The predicted molar refractivity (Wildman–Crippen MR) is 64.5 cm³/mol. The zero-order valence-electron chi connectivity index (χ0n) is 11.1. The number of carboxylic acid groups (broad SMARTS) is 1. The molecular weight excluding hydrogens is 270 g/mol. The Hall–Kier alpha value is -2.65. The first-order chi connectivity index (χ1) is 9.42. The van der Waals surface area contributed by atoms with Crippen molar-refractivity contribution in [3.63, 3.8) is 0 Å². The number of carboxylic acids is 1. The van der Waals surface area contributed by atoms with Crippen molar-refractivity contribution in [3.8, 4) is 0 Å². The number of carbonyl (C=O) groups is 3. The van der Waals surface area contributed by atoms with Crippen molar-refractivity contribution in [3.05, 3.63) is 11.9 Å². The maximum absolute atomic E-state index is 11.6. The molecule has 1 heterocycles. The number of likely N-dealkylation sites (N-methyl/N-ethyl adjacent to an activating group) is 1. The molecule has 10 nitrogen and oxygen atoms in total. The fourth-order valence-corrected chi connectivity index (χ4v) is 1.27. The van der Waals surface area contributed by atoms with E-state index in [-0.39, 0.29) is 19.6 Å². The smallest absolute Gasteiger partial charge is 0.325 e. The predicted octanol–water partition coefficient (Wildman–Crippen LogP) is -1.32. The van der Waals surface area contributed by atoms with Crippen molar-refractivity contribution >= 4 is 18.0 Å². The van der Waals surface area contributed by atoms with Crippen molar-refractivity contribution in [2.45, 2.75) is 13.1 Å². The number of carbonyl (C=O) groups excluding carboxylic acids is 2. The number of hydrogen-bond acceptors (Lipinski definition) is 6. The summed E-state index contributed by atoms with van der Waals surface area (Å²) in [6, 6.07) is -0.483. The van der Waals surface area contributed by atoms with Gasteiger partial charge in [0.2, 0.25) is 0 Å². The summed E-state index contributed by atoms with van der Waals surface area (Å²) in [5, 5.41) is 18.4. The lowest BCUT2D eigenvalue weighted by molar-refractivity contribution is -0.141. The Labute approximate surface area is 114 Å². The molecule has 0 aromatic carbocycles. The van der Waals surface area contributed by atoms with Gasteiger partial charge in [-0.3, -0.25) is 9.59 Å². The van der Waals surface area contributed by atoms with Crippen molar-refractivity contribution in [1.82, 2.24) is 25.2 Å². The Morgan fingerprint density at radius 3 is 2.80 bits per heavy atom. The second kappa shape index (κ2) is 7.07. The van der Waals surface area contributed by atoms with Crippen LogP contribution in [0.1, 0.15) is 5.69 Å². The number of nitrogens with one attached hydrogen (secondary N) is 1. The molecule has 0 atom stereocenters. The number of hydrogen-bond donors (Lipinski definition) is 2. The third kappa shape index (κ3) is 4.92. The second-order valence-electron chi connectivity index (χ2n) is 3.89. The molecule has 1 rings (SSSR count). The summed E-state index contributed by atoms with van der Waals surface area (Å²) in [5.41, 5.74) is 0.408. The molecule has 20 heavy (non-hydrogen) atoms. The number of urea groups is 1. The zero-order chi connectivity index (χ0) is 15.1. The van der Waals surface area contributed by atoms with Crippen LogP contribution in [0.4, 0.5) is 4.79 Å². The zero-order valence-corrected chi connectivity index (χ0v) is 11.1.